The van der Waals surface area contributed by atoms with Crippen molar-refractivity contribution in [3.8, 4) is 0 Å². The van der Waals surface area contributed by atoms with Gasteiger partial charge in [-0.2, -0.15) is 0 Å². The van der Waals surface area contributed by atoms with Gasteiger partial charge in [-0.1, -0.05) is 6.07 Å². The van der Waals surface area contributed by atoms with Crippen LogP contribution >= 0.6 is 11.3 Å². The number of carboxylic acid groups (broad SMARTS) is 1. The number of thiophene rings is 1. The Kier molecular flexibility index (Phi) is 4.71. The highest BCUT2D eigenvalue weighted by Crippen LogP contribution is 2.25. The van der Waals surface area contributed by atoms with Crippen molar-refractivity contribution in [2.45, 2.75) is 18.6 Å². The summed E-state index contributed by atoms with van der Waals surface area (Å²) in [5.74, 6) is -0.840. The summed E-state index contributed by atoms with van der Waals surface area (Å²) in [7, 11) is 0. The van der Waals surface area contributed by atoms with Gasteiger partial charge in [-0.05, 0) is 17.9 Å². The molecule has 2 rings (SSSR count). The number of aliphatic hydroxyl groups excluding tert-OH is 1. The van der Waals surface area contributed by atoms with Crippen molar-refractivity contribution in [2.24, 2.45) is 0 Å². The predicted molar refractivity (Wildman–Crippen MR) is 67.7 cm³/mol. The number of rotatable bonds is 5. The zero-order chi connectivity index (χ0) is 13.0. The first-order valence-electron chi connectivity index (χ1n) is 5.92. The molecule has 0 amide bonds. The monoisotopic (exact) mass is 271 g/mol. The van der Waals surface area contributed by atoms with Crippen molar-refractivity contribution in [3.05, 3.63) is 22.4 Å². The summed E-state index contributed by atoms with van der Waals surface area (Å²) in [6.07, 6.45) is -0.0404. The first kappa shape index (κ1) is 13.5. The van der Waals surface area contributed by atoms with Crippen LogP contribution < -0.4 is 0 Å². The lowest BCUT2D eigenvalue weighted by Gasteiger charge is -2.35. The molecule has 2 atom stereocenters. The molecule has 0 bridgehead atoms. The van der Waals surface area contributed by atoms with Crippen molar-refractivity contribution in [1.29, 1.82) is 0 Å². The average Bonchev–Trinajstić information content (AvgIpc) is 2.84. The van der Waals surface area contributed by atoms with E-state index in [0.29, 0.717) is 26.2 Å². The van der Waals surface area contributed by atoms with Crippen molar-refractivity contribution >= 4 is 17.3 Å². The Labute approximate surface area is 110 Å². The molecule has 0 radical (unpaired) electrons. The van der Waals surface area contributed by atoms with Crippen LogP contribution in [0.1, 0.15) is 17.4 Å². The Morgan fingerprint density at radius 1 is 1.67 bits per heavy atom. The van der Waals surface area contributed by atoms with E-state index in [0.717, 1.165) is 4.88 Å². The number of nitrogens with zero attached hydrogens (tertiary/aromatic N) is 1. The first-order valence-corrected chi connectivity index (χ1v) is 6.80. The molecule has 2 unspecified atom stereocenters. The third kappa shape index (κ3) is 3.52. The zero-order valence-electron chi connectivity index (χ0n) is 9.99. The number of aliphatic hydroxyl groups is 1. The molecule has 6 heteroatoms. The van der Waals surface area contributed by atoms with Gasteiger partial charge >= 0.3 is 5.97 Å². The van der Waals surface area contributed by atoms with E-state index < -0.39 is 12.1 Å². The van der Waals surface area contributed by atoms with Gasteiger partial charge in [0.25, 0.3) is 0 Å². The van der Waals surface area contributed by atoms with Crippen LogP contribution in [-0.4, -0.2) is 53.4 Å². The van der Waals surface area contributed by atoms with Crippen LogP contribution in [0.3, 0.4) is 0 Å². The molecule has 1 aromatic rings. The van der Waals surface area contributed by atoms with Crippen LogP contribution in [0, 0.1) is 0 Å². The van der Waals surface area contributed by atoms with E-state index in [1.807, 2.05) is 22.4 Å². The van der Waals surface area contributed by atoms with Crippen LogP contribution in [-0.2, 0) is 9.53 Å². The van der Waals surface area contributed by atoms with E-state index in [4.69, 9.17) is 9.84 Å². The smallest absolute Gasteiger partial charge is 0.317 e. The minimum absolute atomic E-state index is 0.00515. The Hall–Kier alpha value is -0.950. The molecule has 100 valence electrons. The predicted octanol–water partition coefficient (Wildman–Crippen LogP) is 0.957. The summed E-state index contributed by atoms with van der Waals surface area (Å²) in [5, 5.41) is 20.9. The molecule has 0 aromatic carbocycles. The van der Waals surface area contributed by atoms with Gasteiger partial charge in [-0.25, -0.2) is 0 Å². The van der Waals surface area contributed by atoms with Crippen LogP contribution in [0.15, 0.2) is 17.5 Å². The molecule has 1 saturated heterocycles. The summed E-state index contributed by atoms with van der Waals surface area (Å²) in [6.45, 7) is 1.65. The molecule has 1 aromatic heterocycles. The highest BCUT2D eigenvalue weighted by molar-refractivity contribution is 7.10. The number of morpholine rings is 1. The lowest BCUT2D eigenvalue weighted by molar-refractivity contribution is -0.141. The first-order chi connectivity index (χ1) is 8.66. The molecule has 2 heterocycles. The van der Waals surface area contributed by atoms with E-state index in [1.165, 1.54) is 11.3 Å². The molecule has 5 nitrogen and oxygen atoms in total. The van der Waals surface area contributed by atoms with Gasteiger partial charge in [-0.3, -0.25) is 9.69 Å². The summed E-state index contributed by atoms with van der Waals surface area (Å²) in [6, 6.07) is 3.75. The van der Waals surface area contributed by atoms with Crippen LogP contribution in [0.2, 0.25) is 0 Å². The fraction of sp³-hybridized carbons (Fsp3) is 0.583. The Bertz CT molecular complexity index is 381. The lowest BCUT2D eigenvalue weighted by atomic mass is 10.1. The Balaban J connectivity index is 1.94. The van der Waals surface area contributed by atoms with Crippen LogP contribution in [0.25, 0.3) is 0 Å². The zero-order valence-corrected chi connectivity index (χ0v) is 10.8. The molecule has 18 heavy (non-hydrogen) atoms. The lowest BCUT2D eigenvalue weighted by Crippen LogP contribution is -2.48. The van der Waals surface area contributed by atoms with E-state index >= 15 is 0 Å². The number of carbonyl (C=O) groups is 1. The quantitative estimate of drug-likeness (QED) is 0.834. The van der Waals surface area contributed by atoms with E-state index in [2.05, 4.69) is 0 Å². The minimum Gasteiger partial charge on any atom is -0.480 e. The molecule has 1 aliphatic heterocycles. The summed E-state index contributed by atoms with van der Waals surface area (Å²) >= 11 is 1.51. The van der Waals surface area contributed by atoms with Crippen molar-refractivity contribution in [2.75, 3.05) is 26.3 Å². The second kappa shape index (κ2) is 6.29. The van der Waals surface area contributed by atoms with E-state index in [1.54, 1.807) is 0 Å². The molecular formula is C12H17NO4S. The van der Waals surface area contributed by atoms with E-state index in [-0.39, 0.29) is 12.6 Å². The topological polar surface area (TPSA) is 70.0 Å². The normalized spacial score (nSPS) is 22.8. The molecule has 2 N–H and O–H groups in total. The van der Waals surface area contributed by atoms with Crippen molar-refractivity contribution in [1.82, 2.24) is 4.90 Å². The number of ether oxygens (including phenoxy) is 1. The summed E-state index contributed by atoms with van der Waals surface area (Å²) in [4.78, 5) is 13.6. The molecular weight excluding hydrogens is 254 g/mol. The Morgan fingerprint density at radius 2 is 2.50 bits per heavy atom. The van der Waals surface area contributed by atoms with E-state index in [9.17, 15) is 9.90 Å². The maximum atomic E-state index is 10.8. The number of hydrogen-bond acceptors (Lipinski definition) is 5. The van der Waals surface area contributed by atoms with Gasteiger partial charge in [0.2, 0.25) is 0 Å². The fourth-order valence-corrected chi connectivity index (χ4v) is 2.87. The SMILES string of the molecule is O=C(O)CN1CCOCC1CC(O)c1cccs1. The fourth-order valence-electron chi connectivity index (χ4n) is 2.14. The van der Waals surface area contributed by atoms with Crippen LogP contribution in [0.4, 0.5) is 0 Å². The summed E-state index contributed by atoms with van der Waals surface area (Å²) in [5.41, 5.74) is 0. The van der Waals surface area contributed by atoms with Crippen molar-refractivity contribution in [3.63, 3.8) is 0 Å². The Morgan fingerprint density at radius 3 is 3.17 bits per heavy atom. The van der Waals surface area contributed by atoms with Gasteiger partial charge in [0.15, 0.2) is 0 Å². The second-order valence-electron chi connectivity index (χ2n) is 4.36. The highest BCUT2D eigenvalue weighted by Gasteiger charge is 2.27. The highest BCUT2D eigenvalue weighted by atomic mass is 32.1. The van der Waals surface area contributed by atoms with Gasteiger partial charge in [-0.15, -0.1) is 11.3 Å². The minimum atomic E-state index is -0.840. The maximum absolute atomic E-state index is 10.8. The van der Waals surface area contributed by atoms with Crippen molar-refractivity contribution < 1.29 is 19.7 Å². The summed E-state index contributed by atoms with van der Waals surface area (Å²) < 4.78 is 5.37. The second-order valence-corrected chi connectivity index (χ2v) is 5.34. The maximum Gasteiger partial charge on any atom is 0.317 e. The van der Waals surface area contributed by atoms with Crippen LogP contribution in [0.5, 0.6) is 0 Å². The largest absolute Gasteiger partial charge is 0.480 e. The standard InChI is InChI=1S/C12H17NO4S/c14-10(11-2-1-5-18-11)6-9-8-17-4-3-13(9)7-12(15)16/h1-2,5,9-10,14H,3-4,6-8H2,(H,15,16). The molecule has 0 saturated carbocycles. The van der Waals surface area contributed by atoms with Gasteiger partial charge in [0, 0.05) is 17.5 Å². The number of carboxylic acids is 1. The van der Waals surface area contributed by atoms with Gasteiger partial charge in [0.1, 0.15) is 0 Å². The average molecular weight is 271 g/mol. The number of hydrogen-bond donors (Lipinski definition) is 2. The molecule has 1 aliphatic rings. The third-order valence-corrected chi connectivity index (χ3v) is 4.03. The van der Waals surface area contributed by atoms with Gasteiger partial charge < -0.3 is 14.9 Å². The third-order valence-electron chi connectivity index (χ3n) is 3.05. The van der Waals surface area contributed by atoms with Gasteiger partial charge in [0.05, 0.1) is 25.9 Å². The molecule has 1 fully saturated rings. The molecule has 0 spiro atoms. The molecule has 0 aliphatic carbocycles. The number of aliphatic carboxylic acids is 1.